The van der Waals surface area contributed by atoms with E-state index in [0.717, 1.165) is 16.1 Å². The molecule has 4 rings (SSSR count). The summed E-state index contributed by atoms with van der Waals surface area (Å²) in [6, 6.07) is 22.6. The summed E-state index contributed by atoms with van der Waals surface area (Å²) in [6.07, 6.45) is -0.0126. The van der Waals surface area contributed by atoms with Crippen LogP contribution in [-0.2, 0) is 14.8 Å². The Balaban J connectivity index is 1.53. The van der Waals surface area contributed by atoms with Gasteiger partial charge in [-0.3, -0.25) is 13.9 Å². The minimum atomic E-state index is -3.63. The second-order valence-corrected chi connectivity index (χ2v) is 9.92. The van der Waals surface area contributed by atoms with Crippen LogP contribution in [0.15, 0.2) is 78.9 Å². The predicted molar refractivity (Wildman–Crippen MR) is 130 cm³/mol. The van der Waals surface area contributed by atoms with Crippen molar-refractivity contribution in [2.45, 2.75) is 19.1 Å². The highest BCUT2D eigenvalue weighted by Crippen LogP contribution is 2.35. The van der Waals surface area contributed by atoms with Crippen molar-refractivity contribution in [3.05, 3.63) is 90.0 Å². The van der Waals surface area contributed by atoms with E-state index < -0.39 is 22.0 Å². The summed E-state index contributed by atoms with van der Waals surface area (Å²) in [5.41, 5.74) is 1.92. The lowest BCUT2D eigenvalue weighted by Crippen LogP contribution is -2.48. The van der Waals surface area contributed by atoms with Crippen molar-refractivity contribution in [1.82, 2.24) is 5.32 Å². The molecule has 8 nitrogen and oxygen atoms in total. The molecule has 0 spiro atoms. The van der Waals surface area contributed by atoms with Crippen LogP contribution in [0, 0.1) is 0 Å². The first-order valence-corrected chi connectivity index (χ1v) is 12.6. The molecule has 0 radical (unpaired) electrons. The molecule has 0 aromatic heterocycles. The average Bonchev–Trinajstić information content (AvgIpc) is 2.83. The summed E-state index contributed by atoms with van der Waals surface area (Å²) in [4.78, 5) is 26.1. The highest BCUT2D eigenvalue weighted by atomic mass is 32.2. The molecule has 3 aromatic carbocycles. The van der Waals surface area contributed by atoms with E-state index in [1.807, 2.05) is 37.3 Å². The Morgan fingerprint density at radius 2 is 1.62 bits per heavy atom. The number of anilines is 2. The topological polar surface area (TPSA) is 105 Å². The number of carbonyl (C=O) groups excluding carboxylic acids is 2. The Hall–Kier alpha value is -3.85. The molecule has 2 N–H and O–H groups in total. The molecular weight excluding hydrogens is 454 g/mol. The molecule has 0 fully saturated rings. The van der Waals surface area contributed by atoms with Crippen molar-refractivity contribution in [3.8, 4) is 5.75 Å². The van der Waals surface area contributed by atoms with E-state index in [1.54, 1.807) is 48.5 Å². The third-order valence-electron chi connectivity index (χ3n) is 5.50. The van der Waals surface area contributed by atoms with Crippen molar-refractivity contribution >= 4 is 33.2 Å². The van der Waals surface area contributed by atoms with Gasteiger partial charge in [-0.2, -0.15) is 0 Å². The molecule has 0 saturated carbocycles. The van der Waals surface area contributed by atoms with Gasteiger partial charge in [-0.1, -0.05) is 54.6 Å². The molecule has 0 unspecified atom stereocenters. The molecule has 1 aliphatic rings. The van der Waals surface area contributed by atoms with Gasteiger partial charge in [-0.05, 0) is 36.8 Å². The first-order valence-electron chi connectivity index (χ1n) is 10.7. The lowest BCUT2D eigenvalue weighted by molar-refractivity contribution is -0.122. The Bertz CT molecular complexity index is 1310. The second kappa shape index (κ2) is 9.56. The van der Waals surface area contributed by atoms with Crippen LogP contribution in [0.25, 0.3) is 0 Å². The van der Waals surface area contributed by atoms with Gasteiger partial charge < -0.3 is 15.4 Å². The van der Waals surface area contributed by atoms with Gasteiger partial charge in [0.25, 0.3) is 11.8 Å². The number of nitrogens with zero attached hydrogens (tertiary/aromatic N) is 1. The molecule has 176 valence electrons. The SMILES string of the molecule is C[C@@H](NC(=O)c1ccccc1NC(=O)[C@H]1CN(S(C)(=O)=O)c2ccccc2O1)c1ccccc1. The molecule has 1 aliphatic heterocycles. The van der Waals surface area contributed by atoms with Gasteiger partial charge in [0, 0.05) is 0 Å². The van der Waals surface area contributed by atoms with Crippen LogP contribution >= 0.6 is 0 Å². The van der Waals surface area contributed by atoms with Crippen LogP contribution in [0.4, 0.5) is 11.4 Å². The average molecular weight is 480 g/mol. The number of nitrogens with one attached hydrogen (secondary N) is 2. The molecule has 34 heavy (non-hydrogen) atoms. The highest BCUT2D eigenvalue weighted by molar-refractivity contribution is 7.92. The molecule has 0 saturated heterocycles. The number of rotatable bonds is 6. The van der Waals surface area contributed by atoms with Gasteiger partial charge in [-0.15, -0.1) is 0 Å². The number of hydrogen-bond acceptors (Lipinski definition) is 5. The molecule has 2 atom stereocenters. The number of para-hydroxylation sites is 3. The zero-order chi connectivity index (χ0) is 24.3. The van der Waals surface area contributed by atoms with Crippen LogP contribution in [-0.4, -0.2) is 39.1 Å². The summed E-state index contributed by atoms with van der Waals surface area (Å²) in [5.74, 6) is -0.610. The largest absolute Gasteiger partial charge is 0.476 e. The number of fused-ring (bicyclic) bond motifs is 1. The third-order valence-corrected chi connectivity index (χ3v) is 6.65. The van der Waals surface area contributed by atoms with Gasteiger partial charge >= 0.3 is 0 Å². The van der Waals surface area contributed by atoms with Gasteiger partial charge in [0.1, 0.15) is 5.75 Å². The fraction of sp³-hybridized carbons (Fsp3) is 0.200. The molecule has 9 heteroatoms. The minimum Gasteiger partial charge on any atom is -0.476 e. The van der Waals surface area contributed by atoms with Crippen LogP contribution < -0.4 is 19.7 Å². The Morgan fingerprint density at radius 1 is 0.971 bits per heavy atom. The first-order chi connectivity index (χ1) is 16.2. The molecule has 1 heterocycles. The number of carbonyl (C=O) groups is 2. The van der Waals surface area contributed by atoms with Crippen LogP contribution in [0.3, 0.4) is 0 Å². The maximum atomic E-state index is 13.1. The molecule has 3 aromatic rings. The van der Waals surface area contributed by atoms with Crippen molar-refractivity contribution in [1.29, 1.82) is 0 Å². The smallest absolute Gasteiger partial charge is 0.267 e. The summed E-state index contributed by atoms with van der Waals surface area (Å²) < 4.78 is 31.6. The molecule has 2 amide bonds. The lowest BCUT2D eigenvalue weighted by Gasteiger charge is -2.33. The Kier molecular flexibility index (Phi) is 6.56. The van der Waals surface area contributed by atoms with Crippen LogP contribution in [0.1, 0.15) is 28.9 Å². The van der Waals surface area contributed by atoms with Crippen LogP contribution in [0.5, 0.6) is 5.75 Å². The molecular formula is C25H25N3O5S. The fourth-order valence-corrected chi connectivity index (χ4v) is 4.67. The summed E-state index contributed by atoms with van der Waals surface area (Å²) in [5, 5.41) is 5.67. The zero-order valence-corrected chi connectivity index (χ0v) is 19.6. The van der Waals surface area contributed by atoms with E-state index in [9.17, 15) is 18.0 Å². The summed E-state index contributed by atoms with van der Waals surface area (Å²) >= 11 is 0. The quantitative estimate of drug-likeness (QED) is 0.564. The van der Waals surface area contributed by atoms with E-state index in [-0.39, 0.29) is 24.1 Å². The van der Waals surface area contributed by atoms with Crippen molar-refractivity contribution < 1.29 is 22.7 Å². The molecule has 0 bridgehead atoms. The number of sulfonamides is 1. The number of ether oxygens (including phenoxy) is 1. The normalized spacial score (nSPS) is 16.1. The monoisotopic (exact) mass is 479 g/mol. The van der Waals surface area contributed by atoms with E-state index in [1.165, 1.54) is 0 Å². The standard InChI is InChI=1S/C25H25N3O5S/c1-17(18-10-4-3-5-11-18)26-24(29)19-12-6-7-13-20(19)27-25(30)23-16-28(34(2,31)32)21-14-8-9-15-22(21)33-23/h3-15,17,23H,16H2,1-2H3,(H,26,29)(H,27,30)/t17-,23-/m1/s1. The summed E-state index contributed by atoms with van der Waals surface area (Å²) in [7, 11) is -3.63. The first kappa shape index (κ1) is 23.3. The van der Waals surface area contributed by atoms with Crippen molar-refractivity contribution in [3.63, 3.8) is 0 Å². The van der Waals surface area contributed by atoms with Gasteiger partial charge in [0.15, 0.2) is 6.10 Å². The zero-order valence-electron chi connectivity index (χ0n) is 18.8. The summed E-state index contributed by atoms with van der Waals surface area (Å²) in [6.45, 7) is 1.70. The lowest BCUT2D eigenvalue weighted by atomic mass is 10.1. The van der Waals surface area contributed by atoms with Gasteiger partial charge in [0.05, 0.1) is 35.8 Å². The molecule has 0 aliphatic carbocycles. The van der Waals surface area contributed by atoms with Crippen molar-refractivity contribution in [2.75, 3.05) is 22.4 Å². The van der Waals surface area contributed by atoms with E-state index in [0.29, 0.717) is 17.1 Å². The van der Waals surface area contributed by atoms with Gasteiger partial charge in [0.2, 0.25) is 10.0 Å². The number of benzene rings is 3. The van der Waals surface area contributed by atoms with Gasteiger partial charge in [-0.25, -0.2) is 8.42 Å². The van der Waals surface area contributed by atoms with E-state index in [4.69, 9.17) is 4.74 Å². The van der Waals surface area contributed by atoms with Crippen LogP contribution in [0.2, 0.25) is 0 Å². The Morgan fingerprint density at radius 3 is 2.35 bits per heavy atom. The van der Waals surface area contributed by atoms with E-state index >= 15 is 0 Å². The van der Waals surface area contributed by atoms with Crippen molar-refractivity contribution in [2.24, 2.45) is 0 Å². The highest BCUT2D eigenvalue weighted by Gasteiger charge is 2.35. The third kappa shape index (κ3) is 5.04. The minimum absolute atomic E-state index is 0.179. The maximum absolute atomic E-state index is 13.1. The predicted octanol–water partition coefficient (Wildman–Crippen LogP) is 3.34. The maximum Gasteiger partial charge on any atom is 0.267 e. The second-order valence-electron chi connectivity index (χ2n) is 8.01. The van der Waals surface area contributed by atoms with E-state index in [2.05, 4.69) is 10.6 Å². The number of hydrogen-bond donors (Lipinski definition) is 2. The number of amides is 2. The Labute approximate surface area is 198 Å². The fourth-order valence-electron chi connectivity index (χ4n) is 3.76.